The van der Waals surface area contributed by atoms with Crippen molar-refractivity contribution < 1.29 is 19.1 Å². The van der Waals surface area contributed by atoms with Crippen molar-refractivity contribution in [2.24, 2.45) is 0 Å². The number of hydrogen-bond acceptors (Lipinski definition) is 7. The molecule has 2 aromatic carbocycles. The van der Waals surface area contributed by atoms with Crippen LogP contribution in [0.1, 0.15) is 26.4 Å². The van der Waals surface area contributed by atoms with Crippen molar-refractivity contribution in [3.05, 3.63) is 71.4 Å². The maximum atomic E-state index is 12.4. The Morgan fingerprint density at radius 2 is 1.79 bits per heavy atom. The number of esters is 1. The molecule has 0 saturated heterocycles. The summed E-state index contributed by atoms with van der Waals surface area (Å²) in [5.41, 5.74) is 2.73. The van der Waals surface area contributed by atoms with E-state index in [0.29, 0.717) is 22.8 Å². The number of hydrogen-bond donors (Lipinski definition) is 2. The summed E-state index contributed by atoms with van der Waals surface area (Å²) in [6.07, 6.45) is 0. The molecule has 0 aliphatic heterocycles. The number of nitrogens with zero attached hydrogens (tertiary/aromatic N) is 2. The van der Waals surface area contributed by atoms with Crippen LogP contribution >= 0.6 is 0 Å². The zero-order valence-electron chi connectivity index (χ0n) is 16.2. The third-order valence-corrected chi connectivity index (χ3v) is 4.06. The standard InChI is InChI=1S/C21H20N4O4/c1-13-7-9-18(28-2)17(11-13)23-19-10-8-16(24-25-19)20(26)22-15-6-4-5-14(12-15)21(27)29-3/h4-12H,1-3H3,(H,22,26)(H,23,25). The monoisotopic (exact) mass is 392 g/mol. The van der Waals surface area contributed by atoms with Crippen LogP contribution in [-0.4, -0.2) is 36.3 Å². The lowest BCUT2D eigenvalue weighted by Gasteiger charge is -2.11. The minimum absolute atomic E-state index is 0.134. The maximum absolute atomic E-state index is 12.4. The summed E-state index contributed by atoms with van der Waals surface area (Å²) in [5.74, 6) is 0.213. The number of aromatic nitrogens is 2. The fourth-order valence-corrected chi connectivity index (χ4v) is 2.61. The first-order chi connectivity index (χ1) is 14.0. The Bertz CT molecular complexity index is 1040. The molecule has 2 N–H and O–H groups in total. The molecule has 1 heterocycles. The van der Waals surface area contributed by atoms with E-state index < -0.39 is 11.9 Å². The van der Waals surface area contributed by atoms with Gasteiger partial charge >= 0.3 is 5.97 Å². The van der Waals surface area contributed by atoms with Crippen LogP contribution < -0.4 is 15.4 Å². The minimum Gasteiger partial charge on any atom is -0.495 e. The van der Waals surface area contributed by atoms with Crippen molar-refractivity contribution >= 4 is 29.1 Å². The highest BCUT2D eigenvalue weighted by Gasteiger charge is 2.12. The molecule has 0 radical (unpaired) electrons. The van der Waals surface area contributed by atoms with Crippen LogP contribution in [0.15, 0.2) is 54.6 Å². The minimum atomic E-state index is -0.483. The van der Waals surface area contributed by atoms with E-state index in [4.69, 9.17) is 4.74 Å². The Hall–Kier alpha value is -3.94. The second-order valence-electron chi connectivity index (χ2n) is 6.16. The Kier molecular flexibility index (Phi) is 6.03. The zero-order valence-corrected chi connectivity index (χ0v) is 16.2. The summed E-state index contributed by atoms with van der Waals surface area (Å²) < 4.78 is 10.0. The molecule has 0 aliphatic rings. The van der Waals surface area contributed by atoms with E-state index in [1.54, 1.807) is 37.4 Å². The highest BCUT2D eigenvalue weighted by Crippen LogP contribution is 2.27. The number of carbonyl (C=O) groups excluding carboxylic acids is 2. The number of nitrogens with one attached hydrogen (secondary N) is 2. The van der Waals surface area contributed by atoms with E-state index in [9.17, 15) is 9.59 Å². The normalized spacial score (nSPS) is 10.2. The SMILES string of the molecule is COC(=O)c1cccc(NC(=O)c2ccc(Nc3cc(C)ccc3OC)nn2)c1. The third-order valence-electron chi connectivity index (χ3n) is 4.06. The van der Waals surface area contributed by atoms with Gasteiger partial charge in [-0.05, 0) is 55.0 Å². The highest BCUT2D eigenvalue weighted by molar-refractivity contribution is 6.03. The number of benzene rings is 2. The first kappa shape index (κ1) is 19.8. The molecule has 3 aromatic rings. The summed E-state index contributed by atoms with van der Waals surface area (Å²) in [5, 5.41) is 13.8. The highest BCUT2D eigenvalue weighted by atomic mass is 16.5. The van der Waals surface area contributed by atoms with Gasteiger partial charge in [0.15, 0.2) is 11.5 Å². The van der Waals surface area contributed by atoms with Crippen LogP contribution in [0.25, 0.3) is 0 Å². The fourth-order valence-electron chi connectivity index (χ4n) is 2.61. The summed E-state index contributed by atoms with van der Waals surface area (Å²) in [6.45, 7) is 1.97. The summed E-state index contributed by atoms with van der Waals surface area (Å²) >= 11 is 0. The van der Waals surface area contributed by atoms with Crippen LogP contribution in [0.2, 0.25) is 0 Å². The number of amides is 1. The predicted molar refractivity (Wildman–Crippen MR) is 109 cm³/mol. The first-order valence-electron chi connectivity index (χ1n) is 8.75. The van der Waals surface area contributed by atoms with Crippen molar-refractivity contribution in [3.63, 3.8) is 0 Å². The van der Waals surface area contributed by atoms with E-state index in [1.165, 1.54) is 13.2 Å². The maximum Gasteiger partial charge on any atom is 0.337 e. The Morgan fingerprint density at radius 1 is 0.966 bits per heavy atom. The predicted octanol–water partition coefficient (Wildman–Crippen LogP) is 3.58. The van der Waals surface area contributed by atoms with Crippen molar-refractivity contribution in [2.45, 2.75) is 6.92 Å². The van der Waals surface area contributed by atoms with Gasteiger partial charge in [-0.25, -0.2) is 4.79 Å². The third kappa shape index (κ3) is 4.86. The molecule has 0 fully saturated rings. The topological polar surface area (TPSA) is 102 Å². The van der Waals surface area contributed by atoms with Gasteiger partial charge in [-0.2, -0.15) is 0 Å². The Balaban J connectivity index is 1.71. The first-order valence-corrected chi connectivity index (χ1v) is 8.75. The molecule has 0 aliphatic carbocycles. The molecule has 29 heavy (non-hydrogen) atoms. The summed E-state index contributed by atoms with van der Waals surface area (Å²) in [4.78, 5) is 24.0. The van der Waals surface area contributed by atoms with Crippen molar-refractivity contribution in [3.8, 4) is 5.75 Å². The van der Waals surface area contributed by atoms with Crippen molar-refractivity contribution in [2.75, 3.05) is 24.9 Å². The van der Waals surface area contributed by atoms with Crippen LogP contribution in [0.4, 0.5) is 17.2 Å². The molecule has 8 heteroatoms. The molecule has 0 atom stereocenters. The number of carbonyl (C=O) groups is 2. The number of ether oxygens (including phenoxy) is 2. The van der Waals surface area contributed by atoms with Gasteiger partial charge in [-0.15, -0.1) is 10.2 Å². The number of methoxy groups -OCH3 is 2. The van der Waals surface area contributed by atoms with Crippen LogP contribution in [-0.2, 0) is 4.74 Å². The molecule has 0 unspecified atom stereocenters. The average Bonchev–Trinajstić information content (AvgIpc) is 2.74. The molecule has 148 valence electrons. The van der Waals surface area contributed by atoms with Gasteiger partial charge < -0.3 is 20.1 Å². The summed E-state index contributed by atoms with van der Waals surface area (Å²) in [7, 11) is 2.88. The van der Waals surface area contributed by atoms with Gasteiger partial charge in [0, 0.05) is 5.69 Å². The lowest BCUT2D eigenvalue weighted by Crippen LogP contribution is -2.15. The molecular formula is C21H20N4O4. The quantitative estimate of drug-likeness (QED) is 0.618. The Morgan fingerprint density at radius 3 is 2.48 bits per heavy atom. The molecule has 3 rings (SSSR count). The molecule has 1 aromatic heterocycles. The largest absolute Gasteiger partial charge is 0.495 e. The number of anilines is 3. The van der Waals surface area contributed by atoms with Crippen LogP contribution in [0, 0.1) is 6.92 Å². The number of aryl methyl sites for hydroxylation is 1. The molecule has 8 nitrogen and oxygen atoms in total. The van der Waals surface area contributed by atoms with Gasteiger partial charge in [0.25, 0.3) is 5.91 Å². The number of rotatable bonds is 6. The lowest BCUT2D eigenvalue weighted by molar-refractivity contribution is 0.0600. The molecule has 0 saturated carbocycles. The molecular weight excluding hydrogens is 372 g/mol. The van der Waals surface area contributed by atoms with Crippen molar-refractivity contribution in [1.82, 2.24) is 10.2 Å². The zero-order chi connectivity index (χ0) is 20.8. The molecule has 0 spiro atoms. The Labute approximate surface area is 167 Å². The van der Waals surface area contributed by atoms with Gasteiger partial charge in [-0.3, -0.25) is 4.79 Å². The van der Waals surface area contributed by atoms with Gasteiger partial charge in [0.05, 0.1) is 25.5 Å². The second kappa shape index (κ2) is 8.83. The molecule has 0 bridgehead atoms. The van der Waals surface area contributed by atoms with Gasteiger partial charge in [0.2, 0.25) is 0 Å². The average molecular weight is 392 g/mol. The van der Waals surface area contributed by atoms with Gasteiger partial charge in [-0.1, -0.05) is 12.1 Å². The van der Waals surface area contributed by atoms with E-state index in [0.717, 1.165) is 11.3 Å². The van der Waals surface area contributed by atoms with E-state index in [-0.39, 0.29) is 5.69 Å². The van der Waals surface area contributed by atoms with Crippen LogP contribution in [0.5, 0.6) is 5.75 Å². The summed E-state index contributed by atoms with van der Waals surface area (Å²) in [6, 6.07) is 15.4. The lowest BCUT2D eigenvalue weighted by atomic mass is 10.2. The molecule has 1 amide bonds. The van der Waals surface area contributed by atoms with Gasteiger partial charge in [0.1, 0.15) is 5.75 Å². The van der Waals surface area contributed by atoms with E-state index in [1.807, 2.05) is 25.1 Å². The second-order valence-corrected chi connectivity index (χ2v) is 6.16. The van der Waals surface area contributed by atoms with E-state index in [2.05, 4.69) is 25.6 Å². The smallest absolute Gasteiger partial charge is 0.337 e. The fraction of sp³-hybridized carbons (Fsp3) is 0.143. The van der Waals surface area contributed by atoms with Crippen molar-refractivity contribution in [1.29, 1.82) is 0 Å². The van der Waals surface area contributed by atoms with E-state index >= 15 is 0 Å². The van der Waals surface area contributed by atoms with Crippen LogP contribution in [0.3, 0.4) is 0 Å².